The Bertz CT molecular complexity index is 929. The standard InChI is InChI=1S/C21H19F3N2OS/c1-13(15-6-9-17(23)18(24)11-15)25-12-20(27)26-21(19-3-2-10-28-19)14-4-7-16(22)8-5-14/h2-11,13,21,25H,12H2,1H3,(H,26,27)/p+1/t13-,21-/m0/s1. The fourth-order valence-corrected chi connectivity index (χ4v) is 3.67. The monoisotopic (exact) mass is 405 g/mol. The highest BCUT2D eigenvalue weighted by atomic mass is 32.1. The van der Waals surface area contributed by atoms with Gasteiger partial charge in [0.05, 0.1) is 6.04 Å². The molecule has 1 heterocycles. The first-order valence-corrected chi connectivity index (χ1v) is 9.68. The van der Waals surface area contributed by atoms with Crippen LogP contribution in [-0.2, 0) is 4.79 Å². The summed E-state index contributed by atoms with van der Waals surface area (Å²) in [4.78, 5) is 13.4. The van der Waals surface area contributed by atoms with Crippen LogP contribution < -0.4 is 10.6 Å². The molecule has 0 aliphatic rings. The van der Waals surface area contributed by atoms with Crippen LogP contribution >= 0.6 is 11.3 Å². The number of nitrogens with one attached hydrogen (secondary N) is 1. The summed E-state index contributed by atoms with van der Waals surface area (Å²) in [6, 6.07) is 12.9. The van der Waals surface area contributed by atoms with Crippen LogP contribution in [0.3, 0.4) is 0 Å². The van der Waals surface area contributed by atoms with E-state index in [1.54, 1.807) is 17.4 Å². The van der Waals surface area contributed by atoms with Gasteiger partial charge in [-0.05, 0) is 54.3 Å². The van der Waals surface area contributed by atoms with Gasteiger partial charge in [0.15, 0.2) is 18.2 Å². The Kier molecular flexibility index (Phi) is 6.49. The van der Waals surface area contributed by atoms with Crippen molar-refractivity contribution in [2.75, 3.05) is 6.54 Å². The molecule has 3 rings (SSSR count). The molecule has 0 aliphatic carbocycles. The van der Waals surface area contributed by atoms with E-state index in [-0.39, 0.29) is 30.4 Å². The Morgan fingerprint density at radius 1 is 1.04 bits per heavy atom. The third-order valence-corrected chi connectivity index (χ3v) is 5.40. The molecule has 0 saturated heterocycles. The zero-order valence-electron chi connectivity index (χ0n) is 15.2. The molecule has 0 bridgehead atoms. The lowest BCUT2D eigenvalue weighted by Gasteiger charge is -2.18. The predicted octanol–water partition coefficient (Wildman–Crippen LogP) is 3.70. The molecule has 3 N–H and O–H groups in total. The summed E-state index contributed by atoms with van der Waals surface area (Å²) in [5, 5.41) is 6.63. The van der Waals surface area contributed by atoms with E-state index in [0.717, 1.165) is 22.6 Å². The number of thiophene rings is 1. The number of hydrogen-bond acceptors (Lipinski definition) is 2. The van der Waals surface area contributed by atoms with Gasteiger partial charge < -0.3 is 10.6 Å². The largest absolute Gasteiger partial charge is 0.339 e. The van der Waals surface area contributed by atoms with Crippen LogP contribution in [0.15, 0.2) is 60.0 Å². The van der Waals surface area contributed by atoms with Crippen molar-refractivity contribution >= 4 is 17.2 Å². The van der Waals surface area contributed by atoms with E-state index in [1.807, 2.05) is 24.4 Å². The van der Waals surface area contributed by atoms with Crippen molar-refractivity contribution in [3.63, 3.8) is 0 Å². The molecule has 1 aromatic heterocycles. The van der Waals surface area contributed by atoms with Gasteiger partial charge in [-0.2, -0.15) is 0 Å². The number of benzene rings is 2. The fourth-order valence-electron chi connectivity index (χ4n) is 2.86. The zero-order valence-corrected chi connectivity index (χ0v) is 16.0. The highest BCUT2D eigenvalue weighted by Gasteiger charge is 2.20. The summed E-state index contributed by atoms with van der Waals surface area (Å²) in [5.74, 6) is -2.35. The maximum absolute atomic E-state index is 13.4. The van der Waals surface area contributed by atoms with E-state index in [9.17, 15) is 18.0 Å². The molecule has 28 heavy (non-hydrogen) atoms. The lowest BCUT2D eigenvalue weighted by molar-refractivity contribution is -0.682. The Labute approximate surface area is 165 Å². The number of rotatable bonds is 7. The lowest BCUT2D eigenvalue weighted by atomic mass is 10.1. The predicted molar refractivity (Wildman–Crippen MR) is 102 cm³/mol. The van der Waals surface area contributed by atoms with Crippen LogP contribution in [-0.4, -0.2) is 12.5 Å². The summed E-state index contributed by atoms with van der Waals surface area (Å²) in [5.41, 5.74) is 1.38. The van der Waals surface area contributed by atoms with Crippen molar-refractivity contribution in [2.24, 2.45) is 0 Å². The van der Waals surface area contributed by atoms with Crippen LogP contribution in [0.25, 0.3) is 0 Å². The maximum Gasteiger partial charge on any atom is 0.275 e. The maximum atomic E-state index is 13.4. The Hall–Kier alpha value is -2.64. The highest BCUT2D eigenvalue weighted by Crippen LogP contribution is 2.26. The average Bonchev–Trinajstić information content (AvgIpc) is 3.21. The molecule has 0 fully saturated rings. The fraction of sp³-hybridized carbons (Fsp3) is 0.190. The van der Waals surface area contributed by atoms with Gasteiger partial charge in [0, 0.05) is 10.4 Å². The van der Waals surface area contributed by atoms with Crippen molar-refractivity contribution in [1.82, 2.24) is 5.32 Å². The van der Waals surface area contributed by atoms with E-state index < -0.39 is 11.6 Å². The second-order valence-corrected chi connectivity index (χ2v) is 7.45. The van der Waals surface area contributed by atoms with Crippen LogP contribution in [0.5, 0.6) is 0 Å². The molecular formula is C21H20F3N2OS+. The van der Waals surface area contributed by atoms with Gasteiger partial charge in [-0.3, -0.25) is 4.79 Å². The van der Waals surface area contributed by atoms with Crippen molar-refractivity contribution < 1.29 is 23.3 Å². The summed E-state index contributed by atoms with van der Waals surface area (Å²) < 4.78 is 39.7. The van der Waals surface area contributed by atoms with Gasteiger partial charge in [0.2, 0.25) is 0 Å². The molecule has 0 aliphatic heterocycles. The minimum atomic E-state index is -0.906. The first-order valence-electron chi connectivity index (χ1n) is 8.80. The van der Waals surface area contributed by atoms with Gasteiger partial charge in [-0.15, -0.1) is 11.3 Å². The highest BCUT2D eigenvalue weighted by molar-refractivity contribution is 7.10. The van der Waals surface area contributed by atoms with Gasteiger partial charge in [-0.1, -0.05) is 18.2 Å². The molecular weight excluding hydrogens is 385 g/mol. The van der Waals surface area contributed by atoms with Crippen LogP contribution in [0, 0.1) is 17.5 Å². The molecule has 0 spiro atoms. The van der Waals surface area contributed by atoms with E-state index in [4.69, 9.17) is 0 Å². The van der Waals surface area contributed by atoms with Gasteiger partial charge in [0.25, 0.3) is 5.91 Å². The molecule has 3 aromatic rings. The third-order valence-electron chi connectivity index (χ3n) is 4.46. The van der Waals surface area contributed by atoms with Crippen molar-refractivity contribution in [2.45, 2.75) is 19.0 Å². The lowest BCUT2D eigenvalue weighted by Crippen LogP contribution is -2.87. The molecule has 7 heteroatoms. The number of hydrogen-bond donors (Lipinski definition) is 2. The van der Waals surface area contributed by atoms with Gasteiger partial charge in [-0.25, -0.2) is 13.2 Å². The summed E-state index contributed by atoms with van der Waals surface area (Å²) in [6.45, 7) is 1.93. The van der Waals surface area contributed by atoms with E-state index in [2.05, 4.69) is 5.32 Å². The van der Waals surface area contributed by atoms with E-state index in [1.165, 1.54) is 29.5 Å². The number of amides is 1. The van der Waals surface area contributed by atoms with Crippen molar-refractivity contribution in [1.29, 1.82) is 0 Å². The van der Waals surface area contributed by atoms with Crippen LogP contribution in [0.4, 0.5) is 13.2 Å². The van der Waals surface area contributed by atoms with Crippen LogP contribution in [0.2, 0.25) is 0 Å². The first-order chi connectivity index (χ1) is 13.4. The SMILES string of the molecule is C[C@H]([NH2+]CC(=O)N[C@@H](c1ccc(F)cc1)c1cccs1)c1ccc(F)c(F)c1. The molecule has 0 unspecified atom stereocenters. The second kappa shape index (κ2) is 9.03. The number of quaternary nitrogens is 1. The second-order valence-electron chi connectivity index (χ2n) is 6.47. The molecule has 3 nitrogen and oxygen atoms in total. The van der Waals surface area contributed by atoms with Crippen molar-refractivity contribution in [3.05, 3.63) is 93.4 Å². The Morgan fingerprint density at radius 2 is 1.75 bits per heavy atom. The molecule has 0 saturated carbocycles. The quantitative estimate of drug-likeness (QED) is 0.619. The average molecular weight is 405 g/mol. The topological polar surface area (TPSA) is 45.7 Å². The van der Waals surface area contributed by atoms with Gasteiger partial charge >= 0.3 is 0 Å². The van der Waals surface area contributed by atoms with Crippen LogP contribution in [0.1, 0.15) is 35.0 Å². The third kappa shape index (κ3) is 4.99. The summed E-state index contributed by atoms with van der Waals surface area (Å²) >= 11 is 1.50. The molecule has 2 aromatic carbocycles. The minimum Gasteiger partial charge on any atom is -0.339 e. The molecule has 0 radical (unpaired) electrons. The molecule has 2 atom stereocenters. The molecule has 146 valence electrons. The Morgan fingerprint density at radius 3 is 2.39 bits per heavy atom. The first kappa shape index (κ1) is 20.1. The van der Waals surface area contributed by atoms with E-state index in [0.29, 0.717) is 5.56 Å². The number of carbonyl (C=O) groups is 1. The van der Waals surface area contributed by atoms with E-state index >= 15 is 0 Å². The zero-order chi connectivity index (χ0) is 20.1. The number of halogens is 3. The molecule has 1 amide bonds. The Balaban J connectivity index is 1.65. The minimum absolute atomic E-state index is 0.114. The normalized spacial score (nSPS) is 13.1. The summed E-state index contributed by atoms with van der Waals surface area (Å²) in [7, 11) is 0. The number of carbonyl (C=O) groups excluding carboxylic acids is 1. The summed E-state index contributed by atoms with van der Waals surface area (Å²) in [6.07, 6.45) is 0. The smallest absolute Gasteiger partial charge is 0.275 e. The van der Waals surface area contributed by atoms with Gasteiger partial charge in [0.1, 0.15) is 11.9 Å². The van der Waals surface area contributed by atoms with Crippen molar-refractivity contribution in [3.8, 4) is 0 Å². The number of nitrogens with two attached hydrogens (primary N) is 1.